The Balaban J connectivity index is 1.91. The highest BCUT2D eigenvalue weighted by Crippen LogP contribution is 2.25. The van der Waals surface area contributed by atoms with Gasteiger partial charge in [0.05, 0.1) is 0 Å². The van der Waals surface area contributed by atoms with Crippen molar-refractivity contribution in [3.63, 3.8) is 0 Å². The minimum Gasteiger partial charge on any atom is -0.508 e. The van der Waals surface area contributed by atoms with Gasteiger partial charge in [0.2, 0.25) is 0 Å². The van der Waals surface area contributed by atoms with Gasteiger partial charge in [0, 0.05) is 17.2 Å². The summed E-state index contributed by atoms with van der Waals surface area (Å²) < 4.78 is 0. The molecule has 20 heavy (non-hydrogen) atoms. The fourth-order valence-corrected chi connectivity index (χ4v) is 2.89. The van der Waals surface area contributed by atoms with E-state index in [0.29, 0.717) is 5.75 Å². The van der Waals surface area contributed by atoms with Crippen LogP contribution in [0.15, 0.2) is 53.4 Å². The molecule has 0 aliphatic heterocycles. The number of rotatable bonds is 7. The largest absolute Gasteiger partial charge is 0.508 e. The molecule has 3 heteroatoms. The van der Waals surface area contributed by atoms with E-state index in [4.69, 9.17) is 0 Å². The highest BCUT2D eigenvalue weighted by Gasteiger charge is 1.99. The summed E-state index contributed by atoms with van der Waals surface area (Å²) in [5.74, 6) is 1.21. The van der Waals surface area contributed by atoms with Gasteiger partial charge in [0.1, 0.15) is 5.75 Å². The van der Waals surface area contributed by atoms with Crippen LogP contribution in [0.3, 0.4) is 0 Å². The highest BCUT2D eigenvalue weighted by atomic mass is 32.2. The Bertz CT molecular complexity index is 542. The third-order valence-electron chi connectivity index (χ3n) is 2.97. The SMILES string of the molecule is CCCNCc1cccc(SCc2cccc(O)c2)c1. The van der Waals surface area contributed by atoms with Crippen molar-refractivity contribution in [1.29, 1.82) is 0 Å². The summed E-state index contributed by atoms with van der Waals surface area (Å²) in [6.07, 6.45) is 1.16. The first-order chi connectivity index (χ1) is 9.78. The second-order valence-electron chi connectivity index (χ2n) is 4.78. The molecule has 2 nitrogen and oxygen atoms in total. The lowest BCUT2D eigenvalue weighted by atomic mass is 10.2. The van der Waals surface area contributed by atoms with Crippen LogP contribution in [0, 0.1) is 0 Å². The molecule has 0 aromatic heterocycles. The van der Waals surface area contributed by atoms with Crippen molar-refractivity contribution in [2.24, 2.45) is 0 Å². The van der Waals surface area contributed by atoms with Crippen molar-refractivity contribution >= 4 is 11.8 Å². The van der Waals surface area contributed by atoms with E-state index in [1.807, 2.05) is 18.2 Å². The zero-order valence-electron chi connectivity index (χ0n) is 11.8. The topological polar surface area (TPSA) is 32.3 Å². The molecular formula is C17H21NOS. The van der Waals surface area contributed by atoms with Crippen LogP contribution in [-0.4, -0.2) is 11.7 Å². The third-order valence-corrected chi connectivity index (χ3v) is 4.04. The first-order valence-electron chi connectivity index (χ1n) is 6.98. The fourth-order valence-electron chi connectivity index (χ4n) is 1.97. The second-order valence-corrected chi connectivity index (χ2v) is 5.83. The van der Waals surface area contributed by atoms with Crippen molar-refractivity contribution in [3.05, 3.63) is 59.7 Å². The summed E-state index contributed by atoms with van der Waals surface area (Å²) >= 11 is 1.80. The van der Waals surface area contributed by atoms with Crippen LogP contribution in [0.5, 0.6) is 5.75 Å². The number of hydrogen-bond donors (Lipinski definition) is 2. The van der Waals surface area contributed by atoms with Crippen LogP contribution in [0.25, 0.3) is 0 Å². The number of phenolic OH excluding ortho intramolecular Hbond substituents is 1. The van der Waals surface area contributed by atoms with Gasteiger partial charge in [-0.3, -0.25) is 0 Å². The Morgan fingerprint density at radius 1 is 1.05 bits per heavy atom. The molecule has 0 aliphatic carbocycles. The summed E-state index contributed by atoms with van der Waals surface area (Å²) in [6.45, 7) is 4.16. The number of phenols is 1. The van der Waals surface area contributed by atoms with E-state index in [2.05, 4.69) is 36.5 Å². The van der Waals surface area contributed by atoms with Gasteiger partial charge in [-0.1, -0.05) is 31.2 Å². The van der Waals surface area contributed by atoms with Gasteiger partial charge >= 0.3 is 0 Å². The van der Waals surface area contributed by atoms with Gasteiger partial charge in [0.25, 0.3) is 0 Å². The summed E-state index contributed by atoms with van der Waals surface area (Å²) in [4.78, 5) is 1.27. The standard InChI is InChI=1S/C17H21NOS/c1-2-9-18-12-14-5-4-8-17(11-14)20-13-15-6-3-7-16(19)10-15/h3-8,10-11,18-19H,2,9,12-13H2,1H3. The molecule has 0 unspecified atom stereocenters. The Morgan fingerprint density at radius 3 is 2.65 bits per heavy atom. The molecule has 2 aromatic rings. The average molecular weight is 287 g/mol. The van der Waals surface area contributed by atoms with Gasteiger partial charge in [-0.25, -0.2) is 0 Å². The van der Waals surface area contributed by atoms with Gasteiger partial charge in [-0.2, -0.15) is 0 Å². The first-order valence-corrected chi connectivity index (χ1v) is 7.97. The maximum absolute atomic E-state index is 9.46. The predicted octanol–water partition coefficient (Wildman–Crippen LogP) is 4.18. The Labute approximate surface area is 125 Å². The molecule has 0 amide bonds. The minimum atomic E-state index is 0.334. The molecule has 106 valence electrons. The van der Waals surface area contributed by atoms with E-state index in [1.54, 1.807) is 17.8 Å². The Kier molecular flexibility index (Phi) is 5.96. The van der Waals surface area contributed by atoms with E-state index in [9.17, 15) is 5.11 Å². The molecular weight excluding hydrogens is 266 g/mol. The minimum absolute atomic E-state index is 0.334. The van der Waals surface area contributed by atoms with Crippen molar-refractivity contribution in [1.82, 2.24) is 5.32 Å². The van der Waals surface area contributed by atoms with E-state index >= 15 is 0 Å². The molecule has 2 rings (SSSR count). The molecule has 2 aromatic carbocycles. The number of aromatic hydroxyl groups is 1. The van der Waals surface area contributed by atoms with Gasteiger partial charge in [-0.05, 0) is 48.4 Å². The summed E-state index contributed by atoms with van der Waals surface area (Å²) in [5, 5.41) is 12.9. The van der Waals surface area contributed by atoms with Crippen LogP contribution in [0.2, 0.25) is 0 Å². The number of thioether (sulfide) groups is 1. The van der Waals surface area contributed by atoms with Crippen LogP contribution in [0.1, 0.15) is 24.5 Å². The highest BCUT2D eigenvalue weighted by molar-refractivity contribution is 7.98. The smallest absolute Gasteiger partial charge is 0.115 e. The molecule has 0 radical (unpaired) electrons. The zero-order valence-corrected chi connectivity index (χ0v) is 12.6. The van der Waals surface area contributed by atoms with Crippen LogP contribution >= 0.6 is 11.8 Å². The number of benzene rings is 2. The maximum atomic E-state index is 9.46. The zero-order chi connectivity index (χ0) is 14.2. The van der Waals surface area contributed by atoms with Crippen molar-refractivity contribution in [2.75, 3.05) is 6.54 Å². The lowest BCUT2D eigenvalue weighted by Gasteiger charge is -2.07. The molecule has 0 saturated heterocycles. The lowest BCUT2D eigenvalue weighted by molar-refractivity contribution is 0.475. The summed E-state index contributed by atoms with van der Waals surface area (Å²) in [6, 6.07) is 16.1. The molecule has 0 bridgehead atoms. The molecule has 0 fully saturated rings. The van der Waals surface area contributed by atoms with E-state index < -0.39 is 0 Å². The predicted molar refractivity (Wildman–Crippen MR) is 86.1 cm³/mol. The Morgan fingerprint density at radius 2 is 1.85 bits per heavy atom. The third kappa shape index (κ3) is 4.91. The summed E-state index contributed by atoms with van der Waals surface area (Å²) in [5.41, 5.74) is 2.46. The van der Waals surface area contributed by atoms with E-state index in [0.717, 1.165) is 30.8 Å². The van der Waals surface area contributed by atoms with Crippen LogP contribution in [0.4, 0.5) is 0 Å². The Hall–Kier alpha value is -1.45. The van der Waals surface area contributed by atoms with Crippen LogP contribution < -0.4 is 5.32 Å². The maximum Gasteiger partial charge on any atom is 0.115 e. The van der Waals surface area contributed by atoms with Crippen LogP contribution in [-0.2, 0) is 12.3 Å². The second kappa shape index (κ2) is 7.98. The van der Waals surface area contributed by atoms with E-state index in [-0.39, 0.29) is 0 Å². The first kappa shape index (κ1) is 14.9. The molecule has 0 spiro atoms. The van der Waals surface area contributed by atoms with Crippen molar-refractivity contribution < 1.29 is 5.11 Å². The number of nitrogens with one attached hydrogen (secondary N) is 1. The quantitative estimate of drug-likeness (QED) is 0.592. The molecule has 0 heterocycles. The lowest BCUT2D eigenvalue weighted by Crippen LogP contribution is -2.13. The van der Waals surface area contributed by atoms with Crippen molar-refractivity contribution in [2.45, 2.75) is 30.5 Å². The molecule has 2 N–H and O–H groups in total. The van der Waals surface area contributed by atoms with Gasteiger partial charge in [0.15, 0.2) is 0 Å². The summed E-state index contributed by atoms with van der Waals surface area (Å²) in [7, 11) is 0. The van der Waals surface area contributed by atoms with E-state index in [1.165, 1.54) is 10.5 Å². The molecule has 0 aliphatic rings. The average Bonchev–Trinajstić information content (AvgIpc) is 2.46. The normalized spacial score (nSPS) is 10.7. The monoisotopic (exact) mass is 287 g/mol. The fraction of sp³-hybridized carbons (Fsp3) is 0.294. The van der Waals surface area contributed by atoms with Gasteiger partial charge < -0.3 is 10.4 Å². The van der Waals surface area contributed by atoms with Gasteiger partial charge in [-0.15, -0.1) is 11.8 Å². The van der Waals surface area contributed by atoms with Crippen molar-refractivity contribution in [3.8, 4) is 5.75 Å². The molecule has 0 saturated carbocycles. The molecule has 0 atom stereocenters. The number of hydrogen-bond acceptors (Lipinski definition) is 3.